The van der Waals surface area contributed by atoms with Crippen LogP contribution in [0.5, 0.6) is 0 Å². The standard InChI is InChI=1S/C18H23N5O2/c1-2-25-11-15-9-22(18(24)14-5-6-20-21-7-14)10-16-17(15)23(12-19-16)8-13-3-4-13/h5-7,12-13,15H,2-4,8-11H2,1H3/t15-/m1/s1. The second-order valence-electron chi connectivity index (χ2n) is 6.85. The van der Waals surface area contributed by atoms with Gasteiger partial charge in [-0.1, -0.05) is 0 Å². The van der Waals surface area contributed by atoms with Crippen molar-refractivity contribution in [3.05, 3.63) is 41.7 Å². The predicted molar refractivity (Wildman–Crippen MR) is 91.0 cm³/mol. The molecular weight excluding hydrogens is 318 g/mol. The number of hydrogen-bond acceptors (Lipinski definition) is 5. The van der Waals surface area contributed by atoms with E-state index in [2.05, 4.69) is 19.7 Å². The molecule has 0 radical (unpaired) electrons. The first-order valence-electron chi connectivity index (χ1n) is 8.94. The monoisotopic (exact) mass is 341 g/mol. The zero-order valence-electron chi connectivity index (χ0n) is 14.5. The third-order valence-electron chi connectivity index (χ3n) is 4.92. The minimum absolute atomic E-state index is 0.0289. The molecule has 1 amide bonds. The van der Waals surface area contributed by atoms with Crippen LogP contribution in [0.1, 0.15) is 47.4 Å². The van der Waals surface area contributed by atoms with E-state index in [-0.39, 0.29) is 11.8 Å². The zero-order chi connectivity index (χ0) is 17.2. The third kappa shape index (κ3) is 3.42. The molecule has 1 saturated carbocycles. The van der Waals surface area contributed by atoms with E-state index >= 15 is 0 Å². The largest absolute Gasteiger partial charge is 0.381 e. The Morgan fingerprint density at radius 2 is 2.24 bits per heavy atom. The number of hydrogen-bond donors (Lipinski definition) is 0. The molecule has 7 heteroatoms. The second kappa shape index (κ2) is 6.92. The van der Waals surface area contributed by atoms with Crippen LogP contribution in [0, 0.1) is 5.92 Å². The molecule has 2 aromatic heterocycles. The molecule has 1 fully saturated rings. The average Bonchev–Trinajstić information content (AvgIpc) is 3.38. The van der Waals surface area contributed by atoms with Crippen molar-refractivity contribution in [2.24, 2.45) is 5.92 Å². The van der Waals surface area contributed by atoms with E-state index in [1.165, 1.54) is 24.7 Å². The van der Waals surface area contributed by atoms with Gasteiger partial charge in [-0.15, -0.1) is 0 Å². The summed E-state index contributed by atoms with van der Waals surface area (Å²) in [5.74, 6) is 0.913. The van der Waals surface area contributed by atoms with Crippen molar-refractivity contribution in [3.8, 4) is 0 Å². The lowest BCUT2D eigenvalue weighted by molar-refractivity contribution is 0.0643. The van der Waals surface area contributed by atoms with Gasteiger partial charge in [0.1, 0.15) is 0 Å². The summed E-state index contributed by atoms with van der Waals surface area (Å²) in [6.45, 7) is 5.49. The van der Waals surface area contributed by atoms with Gasteiger partial charge in [0, 0.05) is 31.3 Å². The van der Waals surface area contributed by atoms with Gasteiger partial charge in [0.05, 0.1) is 43.1 Å². The lowest BCUT2D eigenvalue weighted by Crippen LogP contribution is -2.40. The fraction of sp³-hybridized carbons (Fsp3) is 0.556. The third-order valence-corrected chi connectivity index (χ3v) is 4.92. The molecule has 1 atom stereocenters. The first kappa shape index (κ1) is 16.2. The van der Waals surface area contributed by atoms with Crippen LogP contribution in [-0.4, -0.2) is 50.3 Å². The highest BCUT2D eigenvalue weighted by Crippen LogP contribution is 2.34. The van der Waals surface area contributed by atoms with Crippen molar-refractivity contribution < 1.29 is 9.53 Å². The van der Waals surface area contributed by atoms with E-state index in [1.807, 2.05) is 18.2 Å². The molecule has 0 N–H and O–H groups in total. The highest BCUT2D eigenvalue weighted by atomic mass is 16.5. The predicted octanol–water partition coefficient (Wildman–Crippen LogP) is 1.86. The van der Waals surface area contributed by atoms with Gasteiger partial charge in [-0.25, -0.2) is 4.98 Å². The van der Waals surface area contributed by atoms with Gasteiger partial charge < -0.3 is 14.2 Å². The maximum atomic E-state index is 12.8. The van der Waals surface area contributed by atoms with Crippen LogP contribution >= 0.6 is 0 Å². The van der Waals surface area contributed by atoms with Crippen LogP contribution < -0.4 is 0 Å². The van der Waals surface area contributed by atoms with Crippen molar-refractivity contribution in [2.45, 2.75) is 38.8 Å². The number of carbonyl (C=O) groups is 1. The summed E-state index contributed by atoms with van der Waals surface area (Å²) in [5.41, 5.74) is 2.80. The van der Waals surface area contributed by atoms with Gasteiger partial charge >= 0.3 is 0 Å². The molecule has 3 heterocycles. The molecule has 132 valence electrons. The van der Waals surface area contributed by atoms with Crippen LogP contribution in [0.4, 0.5) is 0 Å². The zero-order valence-corrected chi connectivity index (χ0v) is 14.5. The normalized spacial score (nSPS) is 19.7. The summed E-state index contributed by atoms with van der Waals surface area (Å²) in [6, 6.07) is 1.70. The molecule has 0 spiro atoms. The summed E-state index contributed by atoms with van der Waals surface area (Å²) in [4.78, 5) is 19.3. The molecule has 0 unspecified atom stereocenters. The first-order chi connectivity index (χ1) is 12.3. The topological polar surface area (TPSA) is 73.1 Å². The van der Waals surface area contributed by atoms with Gasteiger partial charge in [0.25, 0.3) is 5.91 Å². The van der Waals surface area contributed by atoms with Gasteiger partial charge in [0.2, 0.25) is 0 Å². The molecule has 2 aliphatic rings. The van der Waals surface area contributed by atoms with Crippen molar-refractivity contribution in [1.29, 1.82) is 0 Å². The number of nitrogens with zero attached hydrogens (tertiary/aromatic N) is 5. The van der Waals surface area contributed by atoms with Crippen LogP contribution in [-0.2, 0) is 17.8 Å². The number of rotatable bonds is 6. The van der Waals surface area contributed by atoms with E-state index in [4.69, 9.17) is 4.74 Å². The van der Waals surface area contributed by atoms with Gasteiger partial charge in [-0.05, 0) is 31.7 Å². The fourth-order valence-electron chi connectivity index (χ4n) is 3.49. The molecule has 0 bridgehead atoms. The number of ether oxygens (including phenoxy) is 1. The van der Waals surface area contributed by atoms with Crippen LogP contribution in [0.3, 0.4) is 0 Å². The minimum Gasteiger partial charge on any atom is -0.381 e. The molecule has 0 aromatic carbocycles. The summed E-state index contributed by atoms with van der Waals surface area (Å²) in [7, 11) is 0. The number of amides is 1. The molecule has 2 aromatic rings. The number of imidazole rings is 1. The summed E-state index contributed by atoms with van der Waals surface area (Å²) >= 11 is 0. The van der Waals surface area contributed by atoms with E-state index in [0.717, 1.165) is 18.2 Å². The summed E-state index contributed by atoms with van der Waals surface area (Å²) in [5, 5.41) is 7.56. The van der Waals surface area contributed by atoms with E-state index in [0.29, 0.717) is 31.9 Å². The molecule has 4 rings (SSSR count). The lowest BCUT2D eigenvalue weighted by atomic mass is 9.98. The summed E-state index contributed by atoms with van der Waals surface area (Å²) in [6.07, 6.45) is 7.61. The van der Waals surface area contributed by atoms with Crippen molar-refractivity contribution in [1.82, 2.24) is 24.6 Å². The Morgan fingerprint density at radius 1 is 1.36 bits per heavy atom. The number of aromatic nitrogens is 4. The fourth-order valence-corrected chi connectivity index (χ4v) is 3.49. The smallest absolute Gasteiger partial charge is 0.255 e. The van der Waals surface area contributed by atoms with Gasteiger partial charge in [-0.2, -0.15) is 10.2 Å². The Kier molecular flexibility index (Phi) is 4.48. The van der Waals surface area contributed by atoms with Gasteiger partial charge in [-0.3, -0.25) is 4.79 Å². The minimum atomic E-state index is -0.0289. The van der Waals surface area contributed by atoms with Crippen molar-refractivity contribution >= 4 is 5.91 Å². The van der Waals surface area contributed by atoms with E-state index in [9.17, 15) is 4.79 Å². The molecule has 1 aliphatic carbocycles. The first-order valence-corrected chi connectivity index (χ1v) is 8.94. The van der Waals surface area contributed by atoms with E-state index < -0.39 is 0 Å². The van der Waals surface area contributed by atoms with Crippen molar-refractivity contribution in [3.63, 3.8) is 0 Å². The van der Waals surface area contributed by atoms with E-state index in [1.54, 1.807) is 12.3 Å². The highest BCUT2D eigenvalue weighted by molar-refractivity contribution is 5.93. The SMILES string of the molecule is CCOC[C@H]1CN(C(=O)c2ccnnc2)Cc2ncn(CC3CC3)c21. The average molecular weight is 341 g/mol. The molecule has 0 saturated heterocycles. The Bertz CT molecular complexity index is 741. The highest BCUT2D eigenvalue weighted by Gasteiger charge is 2.34. The number of fused-ring (bicyclic) bond motifs is 1. The van der Waals surface area contributed by atoms with Crippen molar-refractivity contribution in [2.75, 3.05) is 19.8 Å². The maximum absolute atomic E-state index is 12.8. The summed E-state index contributed by atoms with van der Waals surface area (Å²) < 4.78 is 7.99. The molecular formula is C18H23N5O2. The Hall–Kier alpha value is -2.28. The molecule has 7 nitrogen and oxygen atoms in total. The molecule has 1 aliphatic heterocycles. The van der Waals surface area contributed by atoms with Gasteiger partial charge in [0.15, 0.2) is 0 Å². The Labute approximate surface area is 147 Å². The Morgan fingerprint density at radius 3 is 2.96 bits per heavy atom. The Balaban J connectivity index is 1.59. The van der Waals surface area contributed by atoms with Crippen LogP contribution in [0.15, 0.2) is 24.8 Å². The lowest BCUT2D eigenvalue weighted by Gasteiger charge is -2.33. The second-order valence-corrected chi connectivity index (χ2v) is 6.85. The quantitative estimate of drug-likeness (QED) is 0.802. The van der Waals surface area contributed by atoms with Crippen LogP contribution in [0.2, 0.25) is 0 Å². The number of carbonyl (C=O) groups excluding carboxylic acids is 1. The van der Waals surface area contributed by atoms with Crippen LogP contribution in [0.25, 0.3) is 0 Å². The molecule has 25 heavy (non-hydrogen) atoms. The maximum Gasteiger partial charge on any atom is 0.255 e.